The molecule has 31 heavy (non-hydrogen) atoms. The van der Waals surface area contributed by atoms with E-state index in [9.17, 15) is 14.9 Å². The van der Waals surface area contributed by atoms with E-state index in [1.54, 1.807) is 19.1 Å². The number of amides is 1. The molecule has 0 atom stereocenters. The van der Waals surface area contributed by atoms with E-state index < -0.39 is 4.92 Å². The molecule has 2 heterocycles. The number of hydrogen-bond acceptors (Lipinski definition) is 6. The molecule has 0 saturated carbocycles. The highest BCUT2D eigenvalue weighted by atomic mass is 16.6. The van der Waals surface area contributed by atoms with E-state index in [0.717, 1.165) is 18.8 Å². The van der Waals surface area contributed by atoms with Crippen molar-refractivity contribution in [1.82, 2.24) is 15.0 Å². The number of nitro groups is 1. The molecule has 1 aromatic heterocycles. The Morgan fingerprint density at radius 3 is 2.42 bits per heavy atom. The number of benzene rings is 2. The van der Waals surface area contributed by atoms with Crippen LogP contribution in [0, 0.1) is 17.0 Å². The Morgan fingerprint density at radius 1 is 1.03 bits per heavy atom. The SMILES string of the molecule is Cc1c(C(=O)Nc2ccc(N3CCCCCC3)cc2)nnn1-c1cccc([N+](=O)[O-])c1. The summed E-state index contributed by atoms with van der Waals surface area (Å²) >= 11 is 0. The summed E-state index contributed by atoms with van der Waals surface area (Å²) in [4.78, 5) is 25.7. The van der Waals surface area contributed by atoms with Crippen LogP contribution in [-0.2, 0) is 0 Å². The van der Waals surface area contributed by atoms with Crippen molar-refractivity contribution in [2.45, 2.75) is 32.6 Å². The number of nitrogens with zero attached hydrogens (tertiary/aromatic N) is 5. The minimum absolute atomic E-state index is 0.0529. The second-order valence-electron chi connectivity index (χ2n) is 7.61. The van der Waals surface area contributed by atoms with Crippen molar-refractivity contribution in [2.75, 3.05) is 23.3 Å². The summed E-state index contributed by atoms with van der Waals surface area (Å²) in [7, 11) is 0. The van der Waals surface area contributed by atoms with Gasteiger partial charge in [-0.3, -0.25) is 14.9 Å². The second kappa shape index (κ2) is 8.95. The zero-order valence-corrected chi connectivity index (χ0v) is 17.3. The van der Waals surface area contributed by atoms with Crippen molar-refractivity contribution < 1.29 is 9.72 Å². The third kappa shape index (κ3) is 4.55. The first kappa shape index (κ1) is 20.5. The molecule has 9 nitrogen and oxygen atoms in total. The van der Waals surface area contributed by atoms with Gasteiger partial charge in [-0.25, -0.2) is 4.68 Å². The monoisotopic (exact) mass is 420 g/mol. The van der Waals surface area contributed by atoms with Crippen LogP contribution in [0.4, 0.5) is 17.1 Å². The summed E-state index contributed by atoms with van der Waals surface area (Å²) in [6.45, 7) is 3.83. The Balaban J connectivity index is 1.48. The highest BCUT2D eigenvalue weighted by Crippen LogP contribution is 2.23. The molecular formula is C22H24N6O3. The molecule has 0 radical (unpaired) electrons. The second-order valence-corrected chi connectivity index (χ2v) is 7.61. The van der Waals surface area contributed by atoms with Crippen LogP contribution in [0.25, 0.3) is 5.69 Å². The smallest absolute Gasteiger partial charge is 0.278 e. The average Bonchev–Trinajstić information content (AvgIpc) is 2.98. The van der Waals surface area contributed by atoms with Crippen LogP contribution in [0.2, 0.25) is 0 Å². The summed E-state index contributed by atoms with van der Waals surface area (Å²) in [5.74, 6) is -0.378. The number of carbonyl (C=O) groups is 1. The Labute approximate surface area is 179 Å². The molecule has 0 bridgehead atoms. The van der Waals surface area contributed by atoms with Gasteiger partial charge >= 0.3 is 0 Å². The lowest BCUT2D eigenvalue weighted by atomic mass is 10.2. The maximum atomic E-state index is 12.7. The van der Waals surface area contributed by atoms with Gasteiger partial charge in [0, 0.05) is 36.6 Å². The fourth-order valence-electron chi connectivity index (χ4n) is 3.80. The molecule has 1 fully saturated rings. The summed E-state index contributed by atoms with van der Waals surface area (Å²) in [6, 6.07) is 13.9. The molecule has 3 aromatic rings. The maximum absolute atomic E-state index is 12.7. The molecule has 0 spiro atoms. The van der Waals surface area contributed by atoms with Gasteiger partial charge < -0.3 is 10.2 Å². The standard InChI is InChI=1S/C22H24N6O3/c1-16-21(24-25-27(16)19-7-6-8-20(15-19)28(30)31)22(29)23-17-9-11-18(12-10-17)26-13-4-2-3-5-14-26/h6-12,15H,2-5,13-14H2,1H3,(H,23,29). The first-order valence-electron chi connectivity index (χ1n) is 10.4. The summed E-state index contributed by atoms with van der Waals surface area (Å²) in [5.41, 5.74) is 2.92. The first-order valence-corrected chi connectivity index (χ1v) is 10.4. The van der Waals surface area contributed by atoms with Gasteiger partial charge in [-0.05, 0) is 50.1 Å². The normalized spacial score (nSPS) is 14.2. The number of rotatable bonds is 5. The number of nitrogens with one attached hydrogen (secondary N) is 1. The number of carbonyl (C=O) groups excluding carboxylic acids is 1. The number of non-ortho nitro benzene ring substituents is 1. The van der Waals surface area contributed by atoms with Crippen molar-refractivity contribution in [3.63, 3.8) is 0 Å². The van der Waals surface area contributed by atoms with Crippen LogP contribution in [0.15, 0.2) is 48.5 Å². The molecule has 0 aliphatic carbocycles. The Bertz CT molecular complexity index is 1080. The highest BCUT2D eigenvalue weighted by Gasteiger charge is 2.19. The van der Waals surface area contributed by atoms with Gasteiger partial charge in [0.05, 0.1) is 16.3 Å². The Hall–Kier alpha value is -3.75. The molecule has 1 N–H and O–H groups in total. The van der Waals surface area contributed by atoms with E-state index in [0.29, 0.717) is 17.1 Å². The maximum Gasteiger partial charge on any atom is 0.278 e. The van der Waals surface area contributed by atoms with Gasteiger partial charge in [0.15, 0.2) is 5.69 Å². The minimum atomic E-state index is -0.474. The third-order valence-electron chi connectivity index (χ3n) is 5.49. The van der Waals surface area contributed by atoms with Crippen LogP contribution in [0.3, 0.4) is 0 Å². The number of anilines is 2. The molecule has 9 heteroatoms. The molecule has 1 aliphatic rings. The van der Waals surface area contributed by atoms with Crippen LogP contribution in [-0.4, -0.2) is 38.9 Å². The van der Waals surface area contributed by atoms with Gasteiger partial charge in [-0.1, -0.05) is 24.1 Å². The van der Waals surface area contributed by atoms with E-state index in [1.165, 1.54) is 42.5 Å². The molecule has 1 aliphatic heterocycles. The first-order chi connectivity index (χ1) is 15.0. The summed E-state index contributed by atoms with van der Waals surface area (Å²) in [6.07, 6.45) is 4.97. The van der Waals surface area contributed by atoms with E-state index in [2.05, 4.69) is 20.5 Å². The molecule has 2 aromatic carbocycles. The van der Waals surface area contributed by atoms with Crippen LogP contribution < -0.4 is 10.2 Å². The van der Waals surface area contributed by atoms with Gasteiger partial charge in [0.1, 0.15) is 0 Å². The molecule has 4 rings (SSSR count). The fraction of sp³-hybridized carbons (Fsp3) is 0.318. The minimum Gasteiger partial charge on any atom is -0.372 e. The Morgan fingerprint density at radius 2 is 1.74 bits per heavy atom. The summed E-state index contributed by atoms with van der Waals surface area (Å²) in [5, 5.41) is 21.9. The zero-order chi connectivity index (χ0) is 21.8. The van der Waals surface area contributed by atoms with E-state index in [4.69, 9.17) is 0 Å². The Kier molecular flexibility index (Phi) is 5.92. The number of aromatic nitrogens is 3. The molecule has 1 amide bonds. The van der Waals surface area contributed by atoms with Crippen molar-refractivity contribution in [2.24, 2.45) is 0 Å². The molecular weight excluding hydrogens is 396 g/mol. The van der Waals surface area contributed by atoms with Gasteiger partial charge in [0.2, 0.25) is 0 Å². The van der Waals surface area contributed by atoms with E-state index in [-0.39, 0.29) is 17.3 Å². The quantitative estimate of drug-likeness (QED) is 0.492. The fourth-order valence-corrected chi connectivity index (χ4v) is 3.80. The summed E-state index contributed by atoms with van der Waals surface area (Å²) < 4.78 is 1.42. The van der Waals surface area contributed by atoms with Crippen molar-refractivity contribution >= 4 is 23.0 Å². The van der Waals surface area contributed by atoms with Gasteiger partial charge in [-0.15, -0.1) is 5.10 Å². The van der Waals surface area contributed by atoms with E-state index in [1.807, 2.05) is 24.3 Å². The lowest BCUT2D eigenvalue weighted by Gasteiger charge is -2.22. The molecule has 1 saturated heterocycles. The van der Waals surface area contributed by atoms with Crippen molar-refractivity contribution in [1.29, 1.82) is 0 Å². The number of nitro benzene ring substituents is 1. The topological polar surface area (TPSA) is 106 Å². The van der Waals surface area contributed by atoms with Gasteiger partial charge in [0.25, 0.3) is 11.6 Å². The third-order valence-corrected chi connectivity index (χ3v) is 5.49. The van der Waals surface area contributed by atoms with Crippen LogP contribution in [0.5, 0.6) is 0 Å². The van der Waals surface area contributed by atoms with Crippen LogP contribution >= 0.6 is 0 Å². The zero-order valence-electron chi connectivity index (χ0n) is 17.3. The molecule has 160 valence electrons. The highest BCUT2D eigenvalue weighted by molar-refractivity contribution is 6.03. The van der Waals surface area contributed by atoms with Crippen molar-refractivity contribution in [3.8, 4) is 5.69 Å². The lowest BCUT2D eigenvalue weighted by molar-refractivity contribution is -0.384. The predicted octanol–water partition coefficient (Wildman–Crippen LogP) is 4.12. The number of hydrogen-bond donors (Lipinski definition) is 1. The largest absolute Gasteiger partial charge is 0.372 e. The van der Waals surface area contributed by atoms with Crippen molar-refractivity contribution in [3.05, 3.63) is 70.0 Å². The van der Waals surface area contributed by atoms with Crippen LogP contribution in [0.1, 0.15) is 41.9 Å². The molecule has 0 unspecified atom stereocenters. The average molecular weight is 420 g/mol. The lowest BCUT2D eigenvalue weighted by Crippen LogP contribution is -2.23. The predicted molar refractivity (Wildman–Crippen MR) is 118 cm³/mol. The van der Waals surface area contributed by atoms with Gasteiger partial charge in [-0.2, -0.15) is 0 Å². The van der Waals surface area contributed by atoms with E-state index >= 15 is 0 Å².